The third kappa shape index (κ3) is 3.19. The summed E-state index contributed by atoms with van der Waals surface area (Å²) in [7, 11) is 0. The molecule has 1 rings (SSSR count). The molecule has 0 atom stereocenters. The predicted molar refractivity (Wildman–Crippen MR) is 57.9 cm³/mol. The minimum absolute atomic E-state index is 1.00. The Kier molecular flexibility index (Phi) is 3.97. The molecular weight excluding hydrogens is 158 g/mol. The summed E-state index contributed by atoms with van der Waals surface area (Å²) < 4.78 is 0. The molecule has 0 aliphatic rings. The van der Waals surface area contributed by atoms with Crippen molar-refractivity contribution in [2.75, 3.05) is 6.54 Å². The lowest BCUT2D eigenvalue weighted by Crippen LogP contribution is -2.14. The maximum absolute atomic E-state index is 3.42. The fourth-order valence-electron chi connectivity index (χ4n) is 1.39. The Morgan fingerprint density at radius 1 is 1.23 bits per heavy atom. The average Bonchev–Trinajstić information content (AvgIpc) is 2.11. The molecule has 0 aliphatic carbocycles. The molecule has 0 saturated heterocycles. The van der Waals surface area contributed by atoms with Gasteiger partial charge in [0.15, 0.2) is 0 Å². The van der Waals surface area contributed by atoms with Gasteiger partial charge in [-0.1, -0.05) is 30.7 Å². The normalized spacial score (nSPS) is 10.4. The van der Waals surface area contributed by atoms with Gasteiger partial charge >= 0.3 is 0 Å². The van der Waals surface area contributed by atoms with Gasteiger partial charge in [-0.25, -0.2) is 0 Å². The van der Waals surface area contributed by atoms with Crippen molar-refractivity contribution >= 4 is 0 Å². The summed E-state index contributed by atoms with van der Waals surface area (Å²) in [6, 6.07) is 6.62. The number of nitrogens with one attached hydrogen (secondary N) is 1. The predicted octanol–water partition coefficient (Wildman–Crippen LogP) is 2.80. The number of hydrogen-bond acceptors (Lipinski definition) is 1. The van der Waals surface area contributed by atoms with Crippen molar-refractivity contribution < 1.29 is 0 Å². The van der Waals surface area contributed by atoms with Crippen LogP contribution in [-0.4, -0.2) is 6.54 Å². The summed E-state index contributed by atoms with van der Waals surface area (Å²) in [5, 5.41) is 3.42. The first-order valence-corrected chi connectivity index (χ1v) is 5.01. The maximum atomic E-state index is 3.42. The van der Waals surface area contributed by atoms with Crippen LogP contribution in [0.3, 0.4) is 0 Å². The van der Waals surface area contributed by atoms with E-state index in [2.05, 4.69) is 44.3 Å². The van der Waals surface area contributed by atoms with E-state index in [4.69, 9.17) is 0 Å². The maximum Gasteiger partial charge on any atom is 0.0208 e. The van der Waals surface area contributed by atoms with Crippen molar-refractivity contribution in [3.63, 3.8) is 0 Å². The smallest absolute Gasteiger partial charge is 0.0208 e. The highest BCUT2D eigenvalue weighted by Crippen LogP contribution is 2.09. The summed E-state index contributed by atoms with van der Waals surface area (Å²) in [4.78, 5) is 0. The molecule has 1 aromatic carbocycles. The second kappa shape index (κ2) is 5.03. The van der Waals surface area contributed by atoms with Crippen LogP contribution in [-0.2, 0) is 6.54 Å². The van der Waals surface area contributed by atoms with Crippen LogP contribution in [0.5, 0.6) is 0 Å². The molecule has 0 spiro atoms. The average molecular weight is 177 g/mol. The lowest BCUT2D eigenvalue weighted by molar-refractivity contribution is 0.673. The summed E-state index contributed by atoms with van der Waals surface area (Å²) in [5.41, 5.74) is 4.15. The zero-order valence-corrected chi connectivity index (χ0v) is 8.85. The first-order chi connectivity index (χ1) is 6.24. The highest BCUT2D eigenvalue weighted by Gasteiger charge is 1.96. The SMILES string of the molecule is CCCNCc1cc(C)ccc1C. The van der Waals surface area contributed by atoms with Gasteiger partial charge in [0.2, 0.25) is 0 Å². The van der Waals surface area contributed by atoms with Crippen LogP contribution in [0.15, 0.2) is 18.2 Å². The van der Waals surface area contributed by atoms with Crippen LogP contribution in [0.1, 0.15) is 30.0 Å². The van der Waals surface area contributed by atoms with E-state index in [1.807, 2.05) is 0 Å². The van der Waals surface area contributed by atoms with E-state index in [-0.39, 0.29) is 0 Å². The fraction of sp³-hybridized carbons (Fsp3) is 0.500. The third-order valence-corrected chi connectivity index (χ3v) is 2.25. The van der Waals surface area contributed by atoms with Gasteiger partial charge in [0.05, 0.1) is 0 Å². The van der Waals surface area contributed by atoms with Crippen LogP contribution in [0.2, 0.25) is 0 Å². The van der Waals surface area contributed by atoms with Crippen molar-refractivity contribution in [3.05, 3.63) is 34.9 Å². The summed E-state index contributed by atoms with van der Waals surface area (Å²) in [6.45, 7) is 8.61. The Bertz CT molecular complexity index is 266. The van der Waals surface area contributed by atoms with Crippen LogP contribution >= 0.6 is 0 Å². The number of rotatable bonds is 4. The minimum Gasteiger partial charge on any atom is -0.313 e. The second-order valence-corrected chi connectivity index (χ2v) is 3.61. The monoisotopic (exact) mass is 177 g/mol. The number of benzene rings is 1. The van der Waals surface area contributed by atoms with Crippen molar-refractivity contribution in [1.29, 1.82) is 0 Å². The van der Waals surface area contributed by atoms with Gasteiger partial charge in [0.25, 0.3) is 0 Å². The molecule has 0 aliphatic heterocycles. The molecule has 0 saturated carbocycles. The first kappa shape index (κ1) is 10.3. The van der Waals surface area contributed by atoms with Crippen molar-refractivity contribution in [2.24, 2.45) is 0 Å². The van der Waals surface area contributed by atoms with Crippen LogP contribution in [0.25, 0.3) is 0 Å². The zero-order chi connectivity index (χ0) is 9.68. The molecule has 1 N–H and O–H groups in total. The van der Waals surface area contributed by atoms with E-state index in [9.17, 15) is 0 Å². The van der Waals surface area contributed by atoms with Gasteiger partial charge in [-0.05, 0) is 37.9 Å². The molecule has 0 amide bonds. The molecule has 1 heteroatoms. The quantitative estimate of drug-likeness (QED) is 0.697. The molecule has 0 fully saturated rings. The summed E-state index contributed by atoms with van der Waals surface area (Å²) >= 11 is 0. The highest BCUT2D eigenvalue weighted by atomic mass is 14.8. The molecule has 0 radical (unpaired) electrons. The third-order valence-electron chi connectivity index (χ3n) is 2.25. The standard InChI is InChI=1S/C12H19N/c1-4-7-13-9-12-8-10(2)5-6-11(12)3/h5-6,8,13H,4,7,9H2,1-3H3. The Labute approximate surface area is 81.2 Å². The molecule has 72 valence electrons. The van der Waals surface area contributed by atoms with E-state index in [1.165, 1.54) is 23.1 Å². The van der Waals surface area contributed by atoms with E-state index >= 15 is 0 Å². The van der Waals surface area contributed by atoms with E-state index < -0.39 is 0 Å². The van der Waals surface area contributed by atoms with Gasteiger partial charge in [0, 0.05) is 6.54 Å². The molecule has 0 aromatic heterocycles. The van der Waals surface area contributed by atoms with Crippen molar-refractivity contribution in [2.45, 2.75) is 33.7 Å². The molecule has 0 bridgehead atoms. The molecule has 0 heterocycles. The highest BCUT2D eigenvalue weighted by molar-refractivity contribution is 5.30. The van der Waals surface area contributed by atoms with Gasteiger partial charge in [0.1, 0.15) is 0 Å². The Hall–Kier alpha value is -0.820. The van der Waals surface area contributed by atoms with Gasteiger partial charge in [-0.3, -0.25) is 0 Å². The topological polar surface area (TPSA) is 12.0 Å². The largest absolute Gasteiger partial charge is 0.313 e. The van der Waals surface area contributed by atoms with Gasteiger partial charge in [-0.15, -0.1) is 0 Å². The van der Waals surface area contributed by atoms with Gasteiger partial charge < -0.3 is 5.32 Å². The van der Waals surface area contributed by atoms with Crippen molar-refractivity contribution in [3.8, 4) is 0 Å². The fourth-order valence-corrected chi connectivity index (χ4v) is 1.39. The molecule has 1 nitrogen and oxygen atoms in total. The zero-order valence-electron chi connectivity index (χ0n) is 8.85. The molecule has 13 heavy (non-hydrogen) atoms. The summed E-state index contributed by atoms with van der Waals surface area (Å²) in [5.74, 6) is 0. The molecule has 0 unspecified atom stereocenters. The van der Waals surface area contributed by atoms with E-state index in [0.29, 0.717) is 0 Å². The van der Waals surface area contributed by atoms with Crippen molar-refractivity contribution in [1.82, 2.24) is 5.32 Å². The minimum atomic E-state index is 1.00. The Balaban J connectivity index is 2.59. The molecular formula is C12H19N. The Morgan fingerprint density at radius 3 is 2.69 bits per heavy atom. The molecule has 1 aromatic rings. The van der Waals surface area contributed by atoms with Crippen LogP contribution < -0.4 is 5.32 Å². The summed E-state index contributed by atoms with van der Waals surface area (Å²) in [6.07, 6.45) is 1.20. The second-order valence-electron chi connectivity index (χ2n) is 3.61. The number of hydrogen-bond donors (Lipinski definition) is 1. The Morgan fingerprint density at radius 2 is 2.00 bits per heavy atom. The van der Waals surface area contributed by atoms with Crippen LogP contribution in [0, 0.1) is 13.8 Å². The lowest BCUT2D eigenvalue weighted by Gasteiger charge is -2.07. The lowest BCUT2D eigenvalue weighted by atomic mass is 10.1. The first-order valence-electron chi connectivity index (χ1n) is 5.01. The van der Waals surface area contributed by atoms with Crippen LogP contribution in [0.4, 0.5) is 0 Å². The van der Waals surface area contributed by atoms with E-state index in [1.54, 1.807) is 0 Å². The number of aryl methyl sites for hydroxylation is 2. The van der Waals surface area contributed by atoms with E-state index in [0.717, 1.165) is 13.1 Å². The van der Waals surface area contributed by atoms with Gasteiger partial charge in [-0.2, -0.15) is 0 Å².